The van der Waals surface area contributed by atoms with E-state index in [0.29, 0.717) is 5.56 Å². The largest absolute Gasteiger partial charge is 0.393 e. The van der Waals surface area contributed by atoms with Gasteiger partial charge in [-0.15, -0.1) is 0 Å². The number of nitrogens with zero attached hydrogens (tertiary/aromatic N) is 2. The van der Waals surface area contributed by atoms with Gasteiger partial charge < -0.3 is 9.84 Å². The van der Waals surface area contributed by atoms with Crippen LogP contribution in [0.1, 0.15) is 5.56 Å². The summed E-state index contributed by atoms with van der Waals surface area (Å²) in [6.07, 6.45) is 2.68. The molecule has 3 aliphatic heterocycles. The standard InChI is InChI=1S/C16H14N2O6/c1-8-2-3-9(10(6-8)18(22)23)17-14(20)12-11-4-5-16(7-19,24-11)13(12)15(17)21/h2-6,11-13,19H,7H2,1H3/t11-,12-,13-,16+/m1/s1. The molecule has 1 N–H and O–H groups in total. The van der Waals surface area contributed by atoms with E-state index in [4.69, 9.17) is 4.74 Å². The summed E-state index contributed by atoms with van der Waals surface area (Å²) in [4.78, 5) is 37.3. The lowest BCUT2D eigenvalue weighted by Gasteiger charge is -2.26. The molecule has 2 bridgehead atoms. The summed E-state index contributed by atoms with van der Waals surface area (Å²) >= 11 is 0. The van der Waals surface area contributed by atoms with Gasteiger partial charge in [0.2, 0.25) is 11.8 Å². The Morgan fingerprint density at radius 2 is 2.12 bits per heavy atom. The molecular weight excluding hydrogens is 316 g/mol. The van der Waals surface area contributed by atoms with Gasteiger partial charge in [0.05, 0.1) is 29.5 Å². The Morgan fingerprint density at radius 3 is 2.79 bits per heavy atom. The summed E-state index contributed by atoms with van der Waals surface area (Å²) in [5.41, 5.74) is -0.892. The van der Waals surface area contributed by atoms with Gasteiger partial charge in [-0.2, -0.15) is 0 Å². The zero-order valence-electron chi connectivity index (χ0n) is 12.7. The van der Waals surface area contributed by atoms with Crippen molar-refractivity contribution in [1.29, 1.82) is 0 Å². The number of amides is 2. The number of nitro groups is 1. The monoisotopic (exact) mass is 330 g/mol. The van der Waals surface area contributed by atoms with Gasteiger partial charge in [-0.3, -0.25) is 19.7 Å². The first-order chi connectivity index (χ1) is 11.4. The van der Waals surface area contributed by atoms with Crippen LogP contribution in [0.3, 0.4) is 0 Å². The van der Waals surface area contributed by atoms with Gasteiger partial charge in [-0.25, -0.2) is 4.90 Å². The Kier molecular flexibility index (Phi) is 2.94. The fraction of sp³-hybridized carbons (Fsp3) is 0.375. The van der Waals surface area contributed by atoms with E-state index < -0.39 is 46.9 Å². The average Bonchev–Trinajstić information content (AvgIpc) is 3.19. The van der Waals surface area contributed by atoms with Crippen molar-refractivity contribution in [1.82, 2.24) is 0 Å². The lowest BCUT2D eigenvalue weighted by atomic mass is 9.77. The van der Waals surface area contributed by atoms with Crippen LogP contribution in [-0.4, -0.2) is 40.2 Å². The van der Waals surface area contributed by atoms with Gasteiger partial charge in [0.1, 0.15) is 11.3 Å². The SMILES string of the molecule is Cc1ccc(N2C(=O)[C@@H]3[C@H]4C=C[C@@](CO)(O4)[C@H]3C2=O)c([N+](=O)[O-])c1. The van der Waals surface area contributed by atoms with Crippen LogP contribution in [0.5, 0.6) is 0 Å². The smallest absolute Gasteiger partial charge is 0.293 e. The van der Waals surface area contributed by atoms with Crippen LogP contribution in [0.2, 0.25) is 0 Å². The molecule has 4 rings (SSSR count). The van der Waals surface area contributed by atoms with Crippen LogP contribution in [0.4, 0.5) is 11.4 Å². The number of aliphatic hydroxyl groups excluding tert-OH is 1. The van der Waals surface area contributed by atoms with Gasteiger partial charge in [0.25, 0.3) is 5.69 Å². The number of aliphatic hydroxyl groups is 1. The minimum Gasteiger partial charge on any atom is -0.393 e. The summed E-state index contributed by atoms with van der Waals surface area (Å²) in [6, 6.07) is 4.35. The first kappa shape index (κ1) is 15.0. The number of carbonyl (C=O) groups excluding carboxylic acids is 2. The fourth-order valence-corrected chi connectivity index (χ4v) is 3.89. The van der Waals surface area contributed by atoms with E-state index in [1.807, 2.05) is 0 Å². The number of anilines is 1. The molecule has 0 radical (unpaired) electrons. The van der Waals surface area contributed by atoms with Crippen molar-refractivity contribution in [2.24, 2.45) is 11.8 Å². The third kappa shape index (κ3) is 1.69. The van der Waals surface area contributed by atoms with Gasteiger partial charge in [-0.1, -0.05) is 18.2 Å². The zero-order valence-corrected chi connectivity index (χ0v) is 12.7. The lowest BCUT2D eigenvalue weighted by Crippen LogP contribution is -2.43. The van der Waals surface area contributed by atoms with E-state index in [-0.39, 0.29) is 11.4 Å². The van der Waals surface area contributed by atoms with Crippen molar-refractivity contribution in [3.05, 3.63) is 46.0 Å². The van der Waals surface area contributed by atoms with E-state index in [0.717, 1.165) is 4.90 Å². The van der Waals surface area contributed by atoms with Crippen LogP contribution < -0.4 is 4.90 Å². The van der Waals surface area contributed by atoms with Crippen LogP contribution in [0, 0.1) is 28.9 Å². The van der Waals surface area contributed by atoms with E-state index in [2.05, 4.69) is 0 Å². The number of hydrogen-bond donors (Lipinski definition) is 1. The van der Waals surface area contributed by atoms with Crippen molar-refractivity contribution in [2.45, 2.75) is 18.6 Å². The molecular formula is C16H14N2O6. The number of ether oxygens (including phenoxy) is 1. The zero-order chi connectivity index (χ0) is 17.2. The molecule has 0 aliphatic carbocycles. The van der Waals surface area contributed by atoms with Crippen molar-refractivity contribution in [3.8, 4) is 0 Å². The number of imide groups is 1. The number of aryl methyl sites for hydroxylation is 1. The number of hydrogen-bond acceptors (Lipinski definition) is 6. The molecule has 2 amide bonds. The topological polar surface area (TPSA) is 110 Å². The maximum atomic E-state index is 12.9. The molecule has 3 aliphatic rings. The number of fused-ring (bicyclic) bond motifs is 5. The molecule has 2 fully saturated rings. The summed E-state index contributed by atoms with van der Waals surface area (Å²) in [5, 5.41) is 21.0. The highest BCUT2D eigenvalue weighted by Gasteiger charge is 2.68. The fourth-order valence-electron chi connectivity index (χ4n) is 3.89. The molecule has 0 unspecified atom stereocenters. The third-order valence-electron chi connectivity index (χ3n) is 4.97. The molecule has 3 heterocycles. The maximum Gasteiger partial charge on any atom is 0.293 e. The number of benzene rings is 1. The Morgan fingerprint density at radius 1 is 1.38 bits per heavy atom. The van der Waals surface area contributed by atoms with Crippen molar-refractivity contribution < 1.29 is 24.4 Å². The minimum atomic E-state index is -1.21. The Labute approximate surface area is 136 Å². The molecule has 1 aromatic carbocycles. The molecule has 124 valence electrons. The van der Waals surface area contributed by atoms with E-state index in [1.54, 1.807) is 25.1 Å². The molecule has 1 aromatic rings. The predicted molar refractivity (Wildman–Crippen MR) is 81.1 cm³/mol. The van der Waals surface area contributed by atoms with Crippen LogP contribution in [0.15, 0.2) is 30.4 Å². The van der Waals surface area contributed by atoms with Crippen molar-refractivity contribution >= 4 is 23.2 Å². The predicted octanol–water partition coefficient (Wildman–Crippen LogP) is 0.709. The first-order valence-electron chi connectivity index (χ1n) is 7.50. The number of rotatable bonds is 3. The van der Waals surface area contributed by atoms with Gasteiger partial charge in [-0.05, 0) is 18.6 Å². The van der Waals surface area contributed by atoms with Gasteiger partial charge in [0.15, 0.2) is 0 Å². The van der Waals surface area contributed by atoms with Crippen LogP contribution in [0.25, 0.3) is 0 Å². The highest BCUT2D eigenvalue weighted by atomic mass is 16.6. The molecule has 8 nitrogen and oxygen atoms in total. The third-order valence-corrected chi connectivity index (χ3v) is 4.97. The molecule has 8 heteroatoms. The molecule has 0 spiro atoms. The normalized spacial score (nSPS) is 33.4. The second-order valence-corrected chi connectivity index (χ2v) is 6.32. The summed E-state index contributed by atoms with van der Waals surface area (Å²) in [5.74, 6) is -2.71. The van der Waals surface area contributed by atoms with Crippen LogP contribution in [-0.2, 0) is 14.3 Å². The van der Waals surface area contributed by atoms with E-state index in [1.165, 1.54) is 12.1 Å². The maximum absolute atomic E-state index is 12.9. The first-order valence-corrected chi connectivity index (χ1v) is 7.50. The van der Waals surface area contributed by atoms with Gasteiger partial charge >= 0.3 is 0 Å². The van der Waals surface area contributed by atoms with Crippen LogP contribution >= 0.6 is 0 Å². The van der Waals surface area contributed by atoms with Crippen molar-refractivity contribution in [2.75, 3.05) is 11.5 Å². The number of carbonyl (C=O) groups is 2. The second kappa shape index (κ2) is 4.71. The highest BCUT2D eigenvalue weighted by Crippen LogP contribution is 2.53. The minimum absolute atomic E-state index is 0.0394. The molecule has 2 saturated heterocycles. The van der Waals surface area contributed by atoms with E-state index in [9.17, 15) is 24.8 Å². The molecule has 0 saturated carbocycles. The molecule has 24 heavy (non-hydrogen) atoms. The molecule has 4 atom stereocenters. The highest BCUT2D eigenvalue weighted by molar-refractivity contribution is 6.24. The molecule has 0 aromatic heterocycles. The van der Waals surface area contributed by atoms with Crippen molar-refractivity contribution in [3.63, 3.8) is 0 Å². The average molecular weight is 330 g/mol. The Hall–Kier alpha value is -2.58. The number of nitro benzene ring substituents is 1. The summed E-state index contributed by atoms with van der Waals surface area (Å²) in [7, 11) is 0. The summed E-state index contributed by atoms with van der Waals surface area (Å²) in [6.45, 7) is 1.27. The van der Waals surface area contributed by atoms with Gasteiger partial charge in [0, 0.05) is 6.07 Å². The lowest BCUT2D eigenvalue weighted by molar-refractivity contribution is -0.384. The second-order valence-electron chi connectivity index (χ2n) is 6.32. The Bertz CT molecular complexity index is 819. The quantitative estimate of drug-likeness (QED) is 0.378. The Balaban J connectivity index is 1.82. The van der Waals surface area contributed by atoms with E-state index >= 15 is 0 Å². The summed E-state index contributed by atoms with van der Waals surface area (Å²) < 4.78 is 5.63.